The van der Waals surface area contributed by atoms with Crippen LogP contribution in [0.3, 0.4) is 0 Å². The van der Waals surface area contributed by atoms with E-state index in [2.05, 4.69) is 9.72 Å². The predicted octanol–water partition coefficient (Wildman–Crippen LogP) is 2.83. The maximum absolute atomic E-state index is 12.1. The summed E-state index contributed by atoms with van der Waals surface area (Å²) in [6, 6.07) is 3.30. The average Bonchev–Trinajstić information content (AvgIpc) is 2.23. The van der Waals surface area contributed by atoms with E-state index in [0.29, 0.717) is 6.20 Å². The van der Waals surface area contributed by atoms with Crippen LogP contribution in [-0.4, -0.2) is 23.4 Å². The first-order chi connectivity index (χ1) is 8.14. The maximum atomic E-state index is 12.1. The first-order valence-corrected chi connectivity index (χ1v) is 4.31. The van der Waals surface area contributed by atoms with Crippen LogP contribution in [-0.2, 0) is 0 Å². The molecule has 0 amide bonds. The Balaban J connectivity index is 2.94. The van der Waals surface area contributed by atoms with Gasteiger partial charge in [-0.1, -0.05) is 0 Å². The van der Waals surface area contributed by atoms with Crippen LogP contribution in [0.25, 0.3) is 0 Å². The lowest BCUT2D eigenvalue weighted by molar-refractivity contribution is -0.299. The van der Waals surface area contributed by atoms with Crippen LogP contribution >= 0.6 is 0 Å². The molecule has 1 rings (SSSR count). The second-order valence-electron chi connectivity index (χ2n) is 3.07. The monoisotopic (exact) mass is 270 g/mol. The Labute approximate surface area is 96.6 Å². The topological polar surface area (TPSA) is 45.9 Å². The predicted molar refractivity (Wildman–Crippen MR) is 45.5 cm³/mol. The Kier molecular flexibility index (Phi) is 3.69. The molecule has 0 aliphatic carbocycles. The third kappa shape index (κ3) is 3.51. The third-order valence-corrected chi connectivity index (χ3v) is 1.70. The van der Waals surface area contributed by atoms with Crippen molar-refractivity contribution in [3.8, 4) is 11.8 Å². The van der Waals surface area contributed by atoms with Gasteiger partial charge in [0.05, 0.1) is 6.20 Å². The summed E-state index contributed by atoms with van der Waals surface area (Å²) in [7, 11) is 0. The molecule has 18 heavy (non-hydrogen) atoms. The molecule has 1 aromatic heterocycles. The molecule has 0 unspecified atom stereocenters. The molecule has 1 heterocycles. The summed E-state index contributed by atoms with van der Waals surface area (Å²) in [5.41, 5.74) is -0.155. The van der Waals surface area contributed by atoms with Crippen LogP contribution in [0.1, 0.15) is 5.69 Å². The Morgan fingerprint density at radius 1 is 1.11 bits per heavy atom. The van der Waals surface area contributed by atoms with Crippen molar-refractivity contribution in [2.45, 2.75) is 18.5 Å². The summed E-state index contributed by atoms with van der Waals surface area (Å²) in [6.07, 6.45) is -14.5. The highest BCUT2D eigenvalue weighted by molar-refractivity contribution is 5.26. The molecule has 0 saturated carbocycles. The smallest absolute Gasteiger partial charge is 0.434 e. The molecule has 0 radical (unpaired) electrons. The van der Waals surface area contributed by atoms with Gasteiger partial charge in [0.25, 0.3) is 6.10 Å². The zero-order valence-electron chi connectivity index (χ0n) is 8.38. The molecule has 0 bridgehead atoms. The van der Waals surface area contributed by atoms with E-state index in [1.807, 2.05) is 0 Å². The number of alkyl halides is 6. The van der Waals surface area contributed by atoms with Crippen LogP contribution in [0, 0.1) is 11.3 Å². The minimum atomic E-state index is -5.59. The largest absolute Gasteiger partial charge is 0.470 e. The third-order valence-electron chi connectivity index (χ3n) is 1.70. The number of rotatable bonds is 2. The van der Waals surface area contributed by atoms with Crippen molar-refractivity contribution in [2.75, 3.05) is 0 Å². The first kappa shape index (κ1) is 14.1. The number of nitriles is 1. The fraction of sp³-hybridized carbons (Fsp3) is 0.333. The SMILES string of the molecule is N#Cc1ccc(OC(C(F)(F)F)C(F)(F)F)cn1. The number of hydrogen-bond donors (Lipinski definition) is 0. The molecular weight excluding hydrogens is 266 g/mol. The van der Waals surface area contributed by atoms with Gasteiger partial charge in [0, 0.05) is 0 Å². The van der Waals surface area contributed by atoms with Crippen LogP contribution in [0.2, 0.25) is 0 Å². The highest BCUT2D eigenvalue weighted by Crippen LogP contribution is 2.36. The Bertz CT molecular complexity index is 430. The molecule has 9 heteroatoms. The summed E-state index contributed by atoms with van der Waals surface area (Å²) in [5.74, 6) is -0.728. The standard InChI is InChI=1S/C9H4F6N2O/c10-8(11,12)7(9(13,14)15)18-6-2-1-5(3-16)17-4-6/h1-2,4,7H. The van der Waals surface area contributed by atoms with Crippen molar-refractivity contribution >= 4 is 0 Å². The van der Waals surface area contributed by atoms with Crippen molar-refractivity contribution in [1.29, 1.82) is 5.26 Å². The molecule has 0 saturated heterocycles. The van der Waals surface area contributed by atoms with Crippen molar-refractivity contribution < 1.29 is 31.1 Å². The minimum absolute atomic E-state index is 0.155. The molecule has 98 valence electrons. The average molecular weight is 270 g/mol. The molecule has 0 aliphatic heterocycles. The van der Waals surface area contributed by atoms with Gasteiger partial charge in [0.1, 0.15) is 17.5 Å². The van der Waals surface area contributed by atoms with E-state index in [0.717, 1.165) is 12.1 Å². The van der Waals surface area contributed by atoms with Gasteiger partial charge in [-0.05, 0) is 12.1 Å². The van der Waals surface area contributed by atoms with Crippen LogP contribution in [0.4, 0.5) is 26.3 Å². The van der Waals surface area contributed by atoms with Crippen molar-refractivity contribution in [1.82, 2.24) is 4.98 Å². The Morgan fingerprint density at radius 3 is 2.00 bits per heavy atom. The normalized spacial score (nSPS) is 12.3. The van der Waals surface area contributed by atoms with Gasteiger partial charge in [-0.3, -0.25) is 0 Å². The molecular formula is C9H4F6N2O. The van der Waals surface area contributed by atoms with E-state index in [1.165, 1.54) is 0 Å². The number of aromatic nitrogens is 1. The maximum Gasteiger partial charge on any atom is 0.434 e. The summed E-state index contributed by atoms with van der Waals surface area (Å²) in [5, 5.41) is 8.36. The summed E-state index contributed by atoms with van der Waals surface area (Å²) < 4.78 is 76.6. The van der Waals surface area contributed by atoms with Crippen LogP contribution in [0.15, 0.2) is 18.3 Å². The number of nitrogens with zero attached hydrogens (tertiary/aromatic N) is 2. The fourth-order valence-corrected chi connectivity index (χ4v) is 0.971. The molecule has 1 aromatic rings. The second kappa shape index (κ2) is 4.72. The van der Waals surface area contributed by atoms with Gasteiger partial charge in [0.15, 0.2) is 0 Å². The zero-order chi connectivity index (χ0) is 14.0. The Morgan fingerprint density at radius 2 is 1.67 bits per heavy atom. The van der Waals surface area contributed by atoms with E-state index in [4.69, 9.17) is 5.26 Å². The van der Waals surface area contributed by atoms with Gasteiger partial charge >= 0.3 is 12.4 Å². The van der Waals surface area contributed by atoms with Crippen LogP contribution < -0.4 is 4.74 Å². The molecule has 0 aromatic carbocycles. The second-order valence-corrected chi connectivity index (χ2v) is 3.07. The van der Waals surface area contributed by atoms with Gasteiger partial charge in [0.2, 0.25) is 0 Å². The van der Waals surface area contributed by atoms with Crippen molar-refractivity contribution in [2.24, 2.45) is 0 Å². The van der Waals surface area contributed by atoms with Gasteiger partial charge in [-0.2, -0.15) is 31.6 Å². The Hall–Kier alpha value is -1.98. The highest BCUT2D eigenvalue weighted by atomic mass is 19.4. The molecule has 0 atom stereocenters. The van der Waals surface area contributed by atoms with Crippen LogP contribution in [0.5, 0.6) is 5.75 Å². The van der Waals surface area contributed by atoms with Gasteiger partial charge in [-0.25, -0.2) is 4.98 Å². The highest BCUT2D eigenvalue weighted by Gasteiger charge is 2.59. The van der Waals surface area contributed by atoms with E-state index in [9.17, 15) is 26.3 Å². The molecule has 0 spiro atoms. The summed E-state index contributed by atoms with van der Waals surface area (Å²) in [4.78, 5) is 3.29. The summed E-state index contributed by atoms with van der Waals surface area (Å²) in [6.45, 7) is 0. The quantitative estimate of drug-likeness (QED) is 0.776. The fourth-order valence-electron chi connectivity index (χ4n) is 0.971. The van der Waals surface area contributed by atoms with E-state index >= 15 is 0 Å². The van der Waals surface area contributed by atoms with Gasteiger partial charge < -0.3 is 4.74 Å². The van der Waals surface area contributed by atoms with E-state index < -0.39 is 24.2 Å². The zero-order valence-corrected chi connectivity index (χ0v) is 8.38. The lowest BCUT2D eigenvalue weighted by Gasteiger charge is -2.23. The molecule has 0 aliphatic rings. The van der Waals surface area contributed by atoms with Crippen molar-refractivity contribution in [3.05, 3.63) is 24.0 Å². The minimum Gasteiger partial charge on any atom is -0.470 e. The van der Waals surface area contributed by atoms with E-state index in [-0.39, 0.29) is 5.69 Å². The first-order valence-electron chi connectivity index (χ1n) is 4.31. The lowest BCUT2D eigenvalue weighted by Crippen LogP contribution is -2.46. The van der Waals surface area contributed by atoms with E-state index in [1.54, 1.807) is 6.07 Å². The van der Waals surface area contributed by atoms with Gasteiger partial charge in [-0.15, -0.1) is 0 Å². The van der Waals surface area contributed by atoms with Crippen molar-refractivity contribution in [3.63, 3.8) is 0 Å². The number of pyridine rings is 1. The number of ether oxygens (including phenoxy) is 1. The molecule has 0 N–H and O–H groups in total. The lowest BCUT2D eigenvalue weighted by atomic mass is 10.3. The molecule has 0 fully saturated rings. The number of hydrogen-bond acceptors (Lipinski definition) is 3. The molecule has 3 nitrogen and oxygen atoms in total. The summed E-state index contributed by atoms with van der Waals surface area (Å²) >= 11 is 0. The number of halogens is 6.